The number of hydrogen-bond acceptors (Lipinski definition) is 7. The average molecular weight is 498 g/mol. The number of aromatic nitrogens is 3. The number of benzene rings is 2. The zero-order valence-corrected chi connectivity index (χ0v) is 21.2. The highest BCUT2D eigenvalue weighted by Crippen LogP contribution is 2.27. The van der Waals surface area contributed by atoms with E-state index in [0.29, 0.717) is 12.2 Å². The van der Waals surface area contributed by atoms with Gasteiger partial charge in [0.1, 0.15) is 11.6 Å². The lowest BCUT2D eigenvalue weighted by Crippen LogP contribution is -2.46. The number of methoxy groups -OCH3 is 1. The third kappa shape index (κ3) is 5.65. The van der Waals surface area contributed by atoms with E-state index >= 15 is 0 Å². The van der Waals surface area contributed by atoms with Crippen molar-refractivity contribution in [3.8, 4) is 22.7 Å². The summed E-state index contributed by atoms with van der Waals surface area (Å²) in [5.74, 6) is 1.37. The van der Waals surface area contributed by atoms with Gasteiger partial charge in [0.15, 0.2) is 0 Å². The van der Waals surface area contributed by atoms with Gasteiger partial charge >= 0.3 is 5.97 Å². The first-order valence-corrected chi connectivity index (χ1v) is 12.5. The van der Waals surface area contributed by atoms with Gasteiger partial charge < -0.3 is 14.4 Å². The van der Waals surface area contributed by atoms with Crippen molar-refractivity contribution in [3.63, 3.8) is 0 Å². The van der Waals surface area contributed by atoms with E-state index in [0.717, 1.165) is 61.2 Å². The minimum absolute atomic E-state index is 0.338. The molecule has 5 rings (SSSR count). The highest BCUT2D eigenvalue weighted by Gasteiger charge is 2.21. The predicted octanol–water partition coefficient (Wildman–Crippen LogP) is 4.44. The van der Waals surface area contributed by atoms with E-state index in [1.807, 2.05) is 41.1 Å². The second-order valence-corrected chi connectivity index (χ2v) is 8.90. The summed E-state index contributed by atoms with van der Waals surface area (Å²) in [4.78, 5) is 21.1. The standard InChI is InChI=1S/C29H31N5O3/c1-3-37-29(35)23-11-14-27(30-19-23)33-17-15-32(16-18-33)20-24-21-34(25-7-5-4-6-8-25)31-28(24)22-9-12-26(36-2)13-10-22/h4-14,19,21H,3,15-18,20H2,1-2H3. The third-order valence-electron chi connectivity index (χ3n) is 6.52. The van der Waals surface area contributed by atoms with Gasteiger partial charge in [-0.15, -0.1) is 0 Å². The Morgan fingerprint density at radius 2 is 1.70 bits per heavy atom. The number of pyridine rings is 1. The number of anilines is 1. The average Bonchev–Trinajstić information content (AvgIpc) is 3.38. The zero-order valence-electron chi connectivity index (χ0n) is 21.2. The lowest BCUT2D eigenvalue weighted by atomic mass is 10.1. The van der Waals surface area contributed by atoms with Gasteiger partial charge in [-0.1, -0.05) is 18.2 Å². The molecular formula is C29H31N5O3. The summed E-state index contributed by atoms with van der Waals surface area (Å²) in [6.45, 7) is 6.47. The van der Waals surface area contributed by atoms with Gasteiger partial charge in [-0.05, 0) is 55.5 Å². The molecule has 1 fully saturated rings. The molecule has 0 N–H and O–H groups in total. The van der Waals surface area contributed by atoms with Crippen molar-refractivity contribution in [3.05, 3.63) is 90.3 Å². The topological polar surface area (TPSA) is 72.7 Å². The molecule has 0 amide bonds. The van der Waals surface area contributed by atoms with Gasteiger partial charge in [-0.2, -0.15) is 5.10 Å². The minimum atomic E-state index is -0.338. The van der Waals surface area contributed by atoms with Crippen LogP contribution in [0.15, 0.2) is 79.1 Å². The second kappa shape index (κ2) is 11.3. The summed E-state index contributed by atoms with van der Waals surface area (Å²) in [7, 11) is 1.68. The van der Waals surface area contributed by atoms with E-state index in [1.54, 1.807) is 26.3 Å². The maximum Gasteiger partial charge on any atom is 0.339 e. The molecule has 0 unspecified atom stereocenters. The third-order valence-corrected chi connectivity index (χ3v) is 6.52. The number of carbonyl (C=O) groups excluding carboxylic acids is 1. The largest absolute Gasteiger partial charge is 0.497 e. The number of piperazine rings is 1. The van der Waals surface area contributed by atoms with Crippen molar-refractivity contribution in [2.75, 3.05) is 44.8 Å². The summed E-state index contributed by atoms with van der Waals surface area (Å²) in [5, 5.41) is 4.96. The first kappa shape index (κ1) is 24.5. The van der Waals surface area contributed by atoms with Crippen LogP contribution in [0.5, 0.6) is 5.75 Å². The number of hydrogen-bond donors (Lipinski definition) is 0. The summed E-state index contributed by atoms with van der Waals surface area (Å²) in [6.07, 6.45) is 3.73. The lowest BCUT2D eigenvalue weighted by molar-refractivity contribution is 0.0526. The fraction of sp³-hybridized carbons (Fsp3) is 0.276. The highest BCUT2D eigenvalue weighted by molar-refractivity contribution is 5.89. The monoisotopic (exact) mass is 497 g/mol. The molecule has 190 valence electrons. The summed E-state index contributed by atoms with van der Waals surface area (Å²) in [5.41, 5.74) is 4.73. The molecule has 2 aromatic heterocycles. The normalized spacial score (nSPS) is 13.9. The van der Waals surface area contributed by atoms with Gasteiger partial charge in [0.25, 0.3) is 0 Å². The summed E-state index contributed by atoms with van der Waals surface area (Å²) >= 11 is 0. The Morgan fingerprint density at radius 1 is 0.946 bits per heavy atom. The van der Waals surface area contributed by atoms with Crippen LogP contribution in [0.3, 0.4) is 0 Å². The van der Waals surface area contributed by atoms with Crippen LogP contribution in [0.1, 0.15) is 22.8 Å². The molecule has 1 aliphatic rings. The molecule has 8 heteroatoms. The highest BCUT2D eigenvalue weighted by atomic mass is 16.5. The van der Waals surface area contributed by atoms with Crippen molar-refractivity contribution in [2.24, 2.45) is 0 Å². The molecule has 37 heavy (non-hydrogen) atoms. The number of carbonyl (C=O) groups is 1. The van der Waals surface area contributed by atoms with Crippen molar-refractivity contribution in [2.45, 2.75) is 13.5 Å². The molecule has 0 saturated carbocycles. The van der Waals surface area contributed by atoms with Crippen molar-refractivity contribution in [1.29, 1.82) is 0 Å². The van der Waals surface area contributed by atoms with Crippen LogP contribution in [0.4, 0.5) is 5.82 Å². The second-order valence-electron chi connectivity index (χ2n) is 8.90. The van der Waals surface area contributed by atoms with Gasteiger partial charge in [-0.25, -0.2) is 14.5 Å². The quantitative estimate of drug-likeness (QED) is 0.333. The Morgan fingerprint density at radius 3 is 2.35 bits per heavy atom. The molecule has 0 spiro atoms. The van der Waals surface area contributed by atoms with Gasteiger partial charge in [-0.3, -0.25) is 4.90 Å². The Hall–Kier alpha value is -4.17. The number of esters is 1. The molecular weight excluding hydrogens is 466 g/mol. The van der Waals surface area contributed by atoms with Gasteiger partial charge in [0.2, 0.25) is 0 Å². The molecule has 1 aliphatic heterocycles. The number of para-hydroxylation sites is 1. The van der Waals surface area contributed by atoms with E-state index in [2.05, 4.69) is 45.2 Å². The first-order chi connectivity index (χ1) is 18.1. The van der Waals surface area contributed by atoms with Crippen molar-refractivity contribution >= 4 is 11.8 Å². The number of rotatable bonds is 8. The maximum atomic E-state index is 11.9. The van der Waals surface area contributed by atoms with Crippen LogP contribution in [0, 0.1) is 0 Å². The lowest BCUT2D eigenvalue weighted by Gasteiger charge is -2.35. The molecule has 0 atom stereocenters. The molecule has 3 heterocycles. The first-order valence-electron chi connectivity index (χ1n) is 12.5. The van der Waals surface area contributed by atoms with Crippen LogP contribution in [0.2, 0.25) is 0 Å². The van der Waals surface area contributed by atoms with Crippen LogP contribution < -0.4 is 9.64 Å². The Labute approximate surface area is 217 Å². The molecule has 0 aliphatic carbocycles. The molecule has 2 aromatic carbocycles. The number of nitrogens with zero attached hydrogens (tertiary/aromatic N) is 5. The Balaban J connectivity index is 1.30. The summed E-state index contributed by atoms with van der Waals surface area (Å²) < 4.78 is 12.4. The van der Waals surface area contributed by atoms with Gasteiger partial charge in [0, 0.05) is 56.2 Å². The summed E-state index contributed by atoms with van der Waals surface area (Å²) in [6, 6.07) is 21.9. The fourth-order valence-electron chi connectivity index (χ4n) is 4.51. The molecule has 8 nitrogen and oxygen atoms in total. The predicted molar refractivity (Wildman–Crippen MR) is 143 cm³/mol. The molecule has 1 saturated heterocycles. The minimum Gasteiger partial charge on any atom is -0.497 e. The van der Waals surface area contributed by atoms with Crippen molar-refractivity contribution < 1.29 is 14.3 Å². The van der Waals surface area contributed by atoms with Crippen LogP contribution in [-0.2, 0) is 11.3 Å². The smallest absolute Gasteiger partial charge is 0.339 e. The van der Waals surface area contributed by atoms with E-state index in [1.165, 1.54) is 5.56 Å². The van der Waals surface area contributed by atoms with E-state index in [9.17, 15) is 4.79 Å². The SMILES string of the molecule is CCOC(=O)c1ccc(N2CCN(Cc3cn(-c4ccccc4)nc3-c3ccc(OC)cc3)CC2)nc1. The fourth-order valence-corrected chi connectivity index (χ4v) is 4.51. The van der Waals surface area contributed by atoms with Gasteiger partial charge in [0.05, 0.1) is 30.7 Å². The molecule has 0 radical (unpaired) electrons. The van der Waals surface area contributed by atoms with E-state index in [-0.39, 0.29) is 5.97 Å². The zero-order chi connectivity index (χ0) is 25.6. The maximum absolute atomic E-state index is 11.9. The molecule has 4 aromatic rings. The Bertz CT molecular complexity index is 1310. The van der Waals surface area contributed by atoms with Crippen molar-refractivity contribution in [1.82, 2.24) is 19.7 Å². The molecule has 0 bridgehead atoms. The van der Waals surface area contributed by atoms with E-state index < -0.39 is 0 Å². The van der Waals surface area contributed by atoms with E-state index in [4.69, 9.17) is 14.6 Å². The number of ether oxygens (including phenoxy) is 2. The van der Waals surface area contributed by atoms with Crippen LogP contribution in [-0.4, -0.2) is 65.5 Å². The van der Waals surface area contributed by atoms with Crippen LogP contribution >= 0.6 is 0 Å². The Kier molecular flexibility index (Phi) is 7.46. The van der Waals surface area contributed by atoms with Crippen LogP contribution in [0.25, 0.3) is 16.9 Å².